The van der Waals surface area contributed by atoms with Crippen LogP contribution in [0.2, 0.25) is 0 Å². The molecule has 2 rings (SSSR count). The second-order valence-electron chi connectivity index (χ2n) is 4.91. The first-order valence-electron chi connectivity index (χ1n) is 6.61. The molecule has 1 aliphatic heterocycles. The van der Waals surface area contributed by atoms with Crippen LogP contribution in [-0.2, 0) is 0 Å². The molecule has 1 fully saturated rings. The van der Waals surface area contributed by atoms with Gasteiger partial charge in [0.25, 0.3) is 0 Å². The first kappa shape index (κ1) is 13.1. The second-order valence-corrected chi connectivity index (χ2v) is 4.91. The molecule has 1 unspecified atom stereocenters. The minimum atomic E-state index is 0.441. The quantitative estimate of drug-likeness (QED) is 0.862. The van der Waals surface area contributed by atoms with Crippen molar-refractivity contribution in [1.82, 2.24) is 14.9 Å². The number of hydrogen-bond donors (Lipinski definition) is 1. The fourth-order valence-corrected chi connectivity index (χ4v) is 2.12. The maximum Gasteiger partial charge on any atom is 0.226 e. The molecule has 1 aromatic heterocycles. The molecule has 100 valence electrons. The number of likely N-dealkylation sites (tertiary alicyclic amines) is 1. The average molecular weight is 250 g/mol. The Hall–Kier alpha value is -1.36. The number of rotatable bonds is 5. The highest BCUT2D eigenvalue weighted by Crippen LogP contribution is 2.16. The summed E-state index contributed by atoms with van der Waals surface area (Å²) in [5, 5.41) is 3.39. The predicted molar refractivity (Wildman–Crippen MR) is 72.1 cm³/mol. The minimum absolute atomic E-state index is 0.441. The van der Waals surface area contributed by atoms with Gasteiger partial charge in [-0.25, -0.2) is 4.98 Å². The molecule has 1 aromatic rings. The van der Waals surface area contributed by atoms with E-state index in [0.29, 0.717) is 24.5 Å². The molecule has 5 heteroatoms. The Balaban J connectivity index is 2.00. The third-order valence-corrected chi connectivity index (χ3v) is 3.01. The number of nitrogens with zero attached hydrogens (tertiary/aromatic N) is 3. The lowest BCUT2D eigenvalue weighted by Gasteiger charge is -2.14. The molecule has 5 nitrogen and oxygen atoms in total. The molecule has 1 atom stereocenters. The van der Waals surface area contributed by atoms with Gasteiger partial charge in [0.2, 0.25) is 11.8 Å². The minimum Gasteiger partial charge on any atom is -0.478 e. The Kier molecular flexibility index (Phi) is 4.36. The highest BCUT2D eigenvalue weighted by atomic mass is 16.5. The molecule has 0 aromatic carbocycles. The zero-order valence-corrected chi connectivity index (χ0v) is 11.4. The number of aromatic nitrogens is 2. The van der Waals surface area contributed by atoms with Gasteiger partial charge in [-0.2, -0.15) is 4.98 Å². The number of ether oxygens (including phenoxy) is 1. The molecule has 1 aliphatic rings. The van der Waals surface area contributed by atoms with Crippen molar-refractivity contribution in [3.05, 3.63) is 11.8 Å². The number of likely N-dealkylation sites (N-methyl/N-ethyl adjacent to an activating group) is 1. The van der Waals surface area contributed by atoms with Gasteiger partial charge in [-0.15, -0.1) is 0 Å². The third kappa shape index (κ3) is 3.57. The average Bonchev–Trinajstić information content (AvgIpc) is 2.71. The van der Waals surface area contributed by atoms with E-state index in [1.165, 1.54) is 0 Å². The van der Waals surface area contributed by atoms with Crippen molar-refractivity contribution in [2.75, 3.05) is 32.1 Å². The van der Waals surface area contributed by atoms with Gasteiger partial charge < -0.3 is 15.0 Å². The summed E-state index contributed by atoms with van der Waals surface area (Å²) in [5.41, 5.74) is 0.935. The number of anilines is 1. The van der Waals surface area contributed by atoms with Gasteiger partial charge in [0.1, 0.15) is 0 Å². The SMILES string of the molecule is CCCOc1cc(C)nc(NC2CCN(C)C2)n1. The van der Waals surface area contributed by atoms with Gasteiger partial charge >= 0.3 is 0 Å². The van der Waals surface area contributed by atoms with E-state index in [2.05, 4.69) is 34.2 Å². The van der Waals surface area contributed by atoms with E-state index in [4.69, 9.17) is 4.74 Å². The molecular weight excluding hydrogens is 228 g/mol. The van der Waals surface area contributed by atoms with Crippen LogP contribution in [0.15, 0.2) is 6.07 Å². The van der Waals surface area contributed by atoms with E-state index in [1.807, 2.05) is 13.0 Å². The number of nitrogens with one attached hydrogen (secondary N) is 1. The first-order chi connectivity index (χ1) is 8.67. The summed E-state index contributed by atoms with van der Waals surface area (Å²) >= 11 is 0. The summed E-state index contributed by atoms with van der Waals surface area (Å²) in [6, 6.07) is 2.32. The van der Waals surface area contributed by atoms with Crippen LogP contribution in [0.4, 0.5) is 5.95 Å². The molecule has 1 saturated heterocycles. The molecule has 0 aliphatic carbocycles. The number of aryl methyl sites for hydroxylation is 1. The van der Waals surface area contributed by atoms with Gasteiger partial charge in [-0.05, 0) is 33.4 Å². The first-order valence-corrected chi connectivity index (χ1v) is 6.61. The summed E-state index contributed by atoms with van der Waals surface area (Å²) in [6.07, 6.45) is 2.12. The van der Waals surface area contributed by atoms with Gasteiger partial charge in [-0.1, -0.05) is 6.92 Å². The fourth-order valence-electron chi connectivity index (χ4n) is 2.12. The van der Waals surface area contributed by atoms with Gasteiger partial charge in [0.05, 0.1) is 6.61 Å². The van der Waals surface area contributed by atoms with Crippen molar-refractivity contribution in [3.63, 3.8) is 0 Å². The van der Waals surface area contributed by atoms with E-state index < -0.39 is 0 Å². The molecule has 2 heterocycles. The standard InChI is InChI=1S/C13H22N4O/c1-4-7-18-12-8-10(2)14-13(16-12)15-11-5-6-17(3)9-11/h8,11H,4-7,9H2,1-3H3,(H,14,15,16). The molecular formula is C13H22N4O. The van der Waals surface area contributed by atoms with Crippen molar-refractivity contribution in [2.45, 2.75) is 32.7 Å². The smallest absolute Gasteiger partial charge is 0.226 e. The summed E-state index contributed by atoms with van der Waals surface area (Å²) in [5.74, 6) is 1.35. The van der Waals surface area contributed by atoms with Gasteiger partial charge in [0.15, 0.2) is 0 Å². The zero-order chi connectivity index (χ0) is 13.0. The highest BCUT2D eigenvalue weighted by Gasteiger charge is 2.20. The lowest BCUT2D eigenvalue weighted by Crippen LogP contribution is -2.24. The van der Waals surface area contributed by atoms with Crippen LogP contribution in [0, 0.1) is 6.92 Å². The second kappa shape index (κ2) is 6.00. The van der Waals surface area contributed by atoms with Crippen molar-refractivity contribution >= 4 is 5.95 Å². The Morgan fingerprint density at radius 3 is 3.00 bits per heavy atom. The topological polar surface area (TPSA) is 50.3 Å². The Morgan fingerprint density at radius 2 is 2.33 bits per heavy atom. The van der Waals surface area contributed by atoms with Gasteiger partial charge in [0, 0.05) is 24.3 Å². The van der Waals surface area contributed by atoms with E-state index in [9.17, 15) is 0 Å². The summed E-state index contributed by atoms with van der Waals surface area (Å²) in [4.78, 5) is 11.1. The monoisotopic (exact) mass is 250 g/mol. The van der Waals surface area contributed by atoms with Crippen LogP contribution in [0.1, 0.15) is 25.5 Å². The molecule has 0 spiro atoms. The van der Waals surface area contributed by atoms with Crippen LogP contribution >= 0.6 is 0 Å². The lowest BCUT2D eigenvalue weighted by atomic mass is 10.3. The van der Waals surface area contributed by atoms with Crippen molar-refractivity contribution in [3.8, 4) is 5.88 Å². The van der Waals surface area contributed by atoms with Crippen LogP contribution in [0.3, 0.4) is 0 Å². The van der Waals surface area contributed by atoms with Crippen molar-refractivity contribution in [2.24, 2.45) is 0 Å². The molecule has 0 saturated carbocycles. The Morgan fingerprint density at radius 1 is 1.50 bits per heavy atom. The molecule has 0 radical (unpaired) electrons. The lowest BCUT2D eigenvalue weighted by molar-refractivity contribution is 0.304. The molecule has 0 bridgehead atoms. The largest absolute Gasteiger partial charge is 0.478 e. The summed E-state index contributed by atoms with van der Waals surface area (Å²) in [7, 11) is 2.13. The molecule has 18 heavy (non-hydrogen) atoms. The predicted octanol–water partition coefficient (Wildman–Crippen LogP) is 1.69. The third-order valence-electron chi connectivity index (χ3n) is 3.01. The zero-order valence-electron chi connectivity index (χ0n) is 11.4. The normalized spacial score (nSPS) is 20.1. The van der Waals surface area contributed by atoms with E-state index in [1.54, 1.807) is 0 Å². The van der Waals surface area contributed by atoms with E-state index in [0.717, 1.165) is 31.6 Å². The maximum atomic E-state index is 5.56. The van der Waals surface area contributed by atoms with Crippen LogP contribution in [0.5, 0.6) is 5.88 Å². The van der Waals surface area contributed by atoms with Crippen LogP contribution in [0.25, 0.3) is 0 Å². The summed E-state index contributed by atoms with van der Waals surface area (Å²) < 4.78 is 5.56. The molecule has 0 amide bonds. The Bertz CT molecular complexity index is 397. The maximum absolute atomic E-state index is 5.56. The Labute approximate surface area is 109 Å². The van der Waals surface area contributed by atoms with Crippen LogP contribution in [-0.4, -0.2) is 47.7 Å². The van der Waals surface area contributed by atoms with Crippen molar-refractivity contribution < 1.29 is 4.74 Å². The van der Waals surface area contributed by atoms with E-state index >= 15 is 0 Å². The molecule has 1 N–H and O–H groups in total. The van der Waals surface area contributed by atoms with Crippen LogP contribution < -0.4 is 10.1 Å². The van der Waals surface area contributed by atoms with Crippen molar-refractivity contribution in [1.29, 1.82) is 0 Å². The highest BCUT2D eigenvalue weighted by molar-refractivity contribution is 5.32. The fraction of sp³-hybridized carbons (Fsp3) is 0.692. The summed E-state index contributed by atoms with van der Waals surface area (Å²) in [6.45, 7) is 6.92. The van der Waals surface area contributed by atoms with Gasteiger partial charge in [-0.3, -0.25) is 0 Å². The number of hydrogen-bond acceptors (Lipinski definition) is 5. The van der Waals surface area contributed by atoms with E-state index in [-0.39, 0.29) is 0 Å².